The lowest BCUT2D eigenvalue weighted by molar-refractivity contribution is -0.140. The quantitative estimate of drug-likeness (QED) is 0.286. The van der Waals surface area contributed by atoms with Crippen molar-refractivity contribution >= 4 is 0 Å². The number of halogens is 4. The van der Waals surface area contributed by atoms with Crippen LogP contribution in [0.4, 0.5) is 17.6 Å². The van der Waals surface area contributed by atoms with Crippen molar-refractivity contribution in [2.24, 2.45) is 0 Å². The Hall–Kier alpha value is -3.22. The van der Waals surface area contributed by atoms with E-state index in [-0.39, 0.29) is 18.3 Å². The number of phenolic OH excluding ortho intramolecular Hbond substituents is 1. The van der Waals surface area contributed by atoms with E-state index in [4.69, 9.17) is 9.47 Å². The number of phenols is 1. The topological polar surface area (TPSA) is 38.7 Å². The second-order valence-corrected chi connectivity index (χ2v) is 8.48. The van der Waals surface area contributed by atoms with Crippen LogP contribution in [0.15, 0.2) is 60.7 Å². The van der Waals surface area contributed by atoms with Gasteiger partial charge in [0.1, 0.15) is 23.1 Å². The van der Waals surface area contributed by atoms with Crippen LogP contribution in [0.1, 0.15) is 60.3 Å². The third-order valence-electron chi connectivity index (χ3n) is 6.13. The standard InChI is InChI=1S/C27H26F4O3/c1-2-3-4-13-33-20-9-5-17(6-10-20)26-21-11-8-19(32)15-25(21)34-16-22(26)18-7-12-24(28)23(14-18)27(29,30)31/h5-12,14-15,22,26,32H,2-4,13,16H2,1H3. The van der Waals surface area contributed by atoms with Gasteiger partial charge in [0.15, 0.2) is 0 Å². The molecule has 180 valence electrons. The van der Waals surface area contributed by atoms with Gasteiger partial charge in [-0.1, -0.05) is 44.0 Å². The van der Waals surface area contributed by atoms with Gasteiger partial charge in [0.05, 0.1) is 18.8 Å². The fourth-order valence-corrected chi connectivity index (χ4v) is 4.40. The van der Waals surface area contributed by atoms with Crippen molar-refractivity contribution in [2.45, 2.75) is 44.2 Å². The molecule has 2 atom stereocenters. The summed E-state index contributed by atoms with van der Waals surface area (Å²) in [5.41, 5.74) is 0.635. The van der Waals surface area contributed by atoms with Crippen molar-refractivity contribution in [3.05, 3.63) is 88.7 Å². The number of benzene rings is 3. The van der Waals surface area contributed by atoms with Gasteiger partial charge in [-0.2, -0.15) is 13.2 Å². The lowest BCUT2D eigenvalue weighted by Crippen LogP contribution is -2.25. The zero-order valence-electron chi connectivity index (χ0n) is 18.7. The van der Waals surface area contributed by atoms with Gasteiger partial charge >= 0.3 is 6.18 Å². The Kier molecular flexibility index (Phi) is 7.00. The Morgan fingerprint density at radius 2 is 1.71 bits per heavy atom. The first-order valence-electron chi connectivity index (χ1n) is 11.3. The molecule has 7 heteroatoms. The van der Waals surface area contributed by atoms with E-state index in [2.05, 4.69) is 6.92 Å². The highest BCUT2D eigenvalue weighted by Gasteiger charge is 2.38. The molecule has 1 aliphatic rings. The Labute approximate surface area is 196 Å². The van der Waals surface area contributed by atoms with Crippen LogP contribution in [0.3, 0.4) is 0 Å². The maximum Gasteiger partial charge on any atom is 0.419 e. The number of rotatable bonds is 7. The minimum absolute atomic E-state index is 0.0351. The van der Waals surface area contributed by atoms with Crippen LogP contribution < -0.4 is 9.47 Å². The summed E-state index contributed by atoms with van der Waals surface area (Å²) in [4.78, 5) is 0. The Balaban J connectivity index is 1.71. The predicted octanol–water partition coefficient (Wildman–Crippen LogP) is 7.43. The largest absolute Gasteiger partial charge is 0.508 e. The van der Waals surface area contributed by atoms with E-state index in [0.717, 1.165) is 48.3 Å². The van der Waals surface area contributed by atoms with Gasteiger partial charge in [-0.05, 0) is 47.9 Å². The molecule has 2 unspecified atom stereocenters. The molecule has 3 aromatic carbocycles. The average molecular weight is 474 g/mol. The van der Waals surface area contributed by atoms with Crippen molar-refractivity contribution < 1.29 is 32.1 Å². The fraction of sp³-hybridized carbons (Fsp3) is 0.333. The average Bonchev–Trinajstić information content (AvgIpc) is 2.81. The van der Waals surface area contributed by atoms with Crippen molar-refractivity contribution in [3.63, 3.8) is 0 Å². The highest BCUT2D eigenvalue weighted by atomic mass is 19.4. The van der Waals surface area contributed by atoms with E-state index in [9.17, 15) is 22.7 Å². The highest BCUT2D eigenvalue weighted by molar-refractivity contribution is 5.51. The summed E-state index contributed by atoms with van der Waals surface area (Å²) in [5, 5.41) is 9.88. The summed E-state index contributed by atoms with van der Waals surface area (Å²) < 4.78 is 65.7. The summed E-state index contributed by atoms with van der Waals surface area (Å²) in [6.45, 7) is 2.82. The molecule has 3 aromatic rings. The SMILES string of the molecule is CCCCCOc1ccc(C2c3ccc(O)cc3OCC2c2ccc(F)c(C(F)(F)F)c2)cc1. The number of hydrogen-bond acceptors (Lipinski definition) is 3. The van der Waals surface area contributed by atoms with Crippen molar-refractivity contribution in [1.82, 2.24) is 0 Å². The van der Waals surface area contributed by atoms with E-state index in [0.29, 0.717) is 17.9 Å². The first-order chi connectivity index (χ1) is 16.3. The van der Waals surface area contributed by atoms with Gasteiger partial charge in [-0.15, -0.1) is 0 Å². The first-order valence-corrected chi connectivity index (χ1v) is 11.3. The van der Waals surface area contributed by atoms with Crippen LogP contribution in [0, 0.1) is 5.82 Å². The maximum absolute atomic E-state index is 13.9. The van der Waals surface area contributed by atoms with E-state index < -0.39 is 23.5 Å². The molecule has 0 radical (unpaired) electrons. The molecule has 34 heavy (non-hydrogen) atoms. The fourth-order valence-electron chi connectivity index (χ4n) is 4.40. The molecular formula is C27H26F4O3. The molecule has 4 rings (SSSR count). The highest BCUT2D eigenvalue weighted by Crippen LogP contribution is 2.48. The van der Waals surface area contributed by atoms with Crippen LogP contribution in [0.5, 0.6) is 17.2 Å². The molecule has 1 N–H and O–H groups in total. The lowest BCUT2D eigenvalue weighted by Gasteiger charge is -2.35. The van der Waals surface area contributed by atoms with Crippen LogP contribution in [-0.2, 0) is 6.18 Å². The van der Waals surface area contributed by atoms with Crippen molar-refractivity contribution in [2.75, 3.05) is 13.2 Å². The van der Waals surface area contributed by atoms with Crippen LogP contribution in [0.2, 0.25) is 0 Å². The third kappa shape index (κ3) is 5.13. The minimum atomic E-state index is -4.80. The van der Waals surface area contributed by atoms with Gasteiger partial charge in [0, 0.05) is 23.5 Å². The molecule has 0 aliphatic carbocycles. The van der Waals surface area contributed by atoms with Crippen molar-refractivity contribution in [3.8, 4) is 17.2 Å². The predicted molar refractivity (Wildman–Crippen MR) is 121 cm³/mol. The Morgan fingerprint density at radius 1 is 0.971 bits per heavy atom. The molecule has 0 spiro atoms. The zero-order chi connectivity index (χ0) is 24.3. The molecule has 3 nitrogen and oxygen atoms in total. The summed E-state index contributed by atoms with van der Waals surface area (Å²) >= 11 is 0. The molecule has 0 saturated carbocycles. The zero-order valence-corrected chi connectivity index (χ0v) is 18.7. The monoisotopic (exact) mass is 474 g/mol. The third-order valence-corrected chi connectivity index (χ3v) is 6.13. The van der Waals surface area contributed by atoms with Gasteiger partial charge in [-0.3, -0.25) is 0 Å². The van der Waals surface area contributed by atoms with Crippen LogP contribution >= 0.6 is 0 Å². The van der Waals surface area contributed by atoms with Crippen LogP contribution in [0.25, 0.3) is 0 Å². The molecular weight excluding hydrogens is 448 g/mol. The Morgan fingerprint density at radius 3 is 2.41 bits per heavy atom. The molecule has 0 fully saturated rings. The number of fused-ring (bicyclic) bond motifs is 1. The van der Waals surface area contributed by atoms with Crippen molar-refractivity contribution in [1.29, 1.82) is 0 Å². The van der Waals surface area contributed by atoms with E-state index in [1.807, 2.05) is 24.3 Å². The smallest absolute Gasteiger partial charge is 0.419 e. The lowest BCUT2D eigenvalue weighted by atomic mass is 9.75. The molecule has 0 saturated heterocycles. The van der Waals surface area contributed by atoms with Gasteiger partial charge in [0.2, 0.25) is 0 Å². The first kappa shape index (κ1) is 23.9. The number of aromatic hydroxyl groups is 1. The van der Waals surface area contributed by atoms with Gasteiger partial charge < -0.3 is 14.6 Å². The minimum Gasteiger partial charge on any atom is -0.508 e. The maximum atomic E-state index is 13.9. The molecule has 1 heterocycles. The summed E-state index contributed by atoms with van der Waals surface area (Å²) in [6, 6.07) is 15.3. The number of ether oxygens (including phenoxy) is 2. The second-order valence-electron chi connectivity index (χ2n) is 8.48. The van der Waals surface area contributed by atoms with Crippen LogP contribution in [-0.4, -0.2) is 18.3 Å². The number of unbranched alkanes of at least 4 members (excludes halogenated alkanes) is 2. The molecule has 0 bridgehead atoms. The summed E-state index contributed by atoms with van der Waals surface area (Å²) in [7, 11) is 0. The van der Waals surface area contributed by atoms with E-state index in [1.54, 1.807) is 6.07 Å². The van der Waals surface area contributed by atoms with E-state index in [1.165, 1.54) is 18.2 Å². The molecule has 0 aromatic heterocycles. The summed E-state index contributed by atoms with van der Waals surface area (Å²) in [6.07, 6.45) is -1.65. The Bertz CT molecular complexity index is 1130. The van der Waals surface area contributed by atoms with Gasteiger partial charge in [-0.25, -0.2) is 4.39 Å². The summed E-state index contributed by atoms with van der Waals surface area (Å²) in [5.74, 6) is -0.928. The molecule has 0 amide bonds. The van der Waals surface area contributed by atoms with Gasteiger partial charge in [0.25, 0.3) is 0 Å². The second kappa shape index (κ2) is 9.95. The number of alkyl halides is 3. The normalized spacial score (nSPS) is 17.7. The molecule has 1 aliphatic heterocycles. The number of hydrogen-bond donors (Lipinski definition) is 1. The van der Waals surface area contributed by atoms with E-state index >= 15 is 0 Å².